The number of benzene rings is 1. The molecule has 10 heteroatoms. The molecule has 0 spiro atoms. The number of sulfone groups is 1. The molecule has 1 unspecified atom stereocenters. The van der Waals surface area contributed by atoms with Crippen LogP contribution in [-0.2, 0) is 19.4 Å². The Morgan fingerprint density at radius 2 is 1.85 bits per heavy atom. The Bertz CT molecular complexity index is 1100. The van der Waals surface area contributed by atoms with Crippen molar-refractivity contribution in [1.29, 1.82) is 0 Å². The minimum absolute atomic E-state index is 0.00925. The maximum atomic E-state index is 12.9. The topological polar surface area (TPSA) is 119 Å². The van der Waals surface area contributed by atoms with Crippen molar-refractivity contribution in [1.82, 2.24) is 9.97 Å². The number of carbonyl (C=O) groups is 2. The fraction of sp³-hybridized carbons (Fsp3) is 0.500. The largest absolute Gasteiger partial charge is 0.465 e. The van der Waals surface area contributed by atoms with Gasteiger partial charge in [0, 0.05) is 24.8 Å². The van der Waals surface area contributed by atoms with Crippen molar-refractivity contribution in [3.63, 3.8) is 0 Å². The van der Waals surface area contributed by atoms with E-state index in [1.165, 1.54) is 43.4 Å². The summed E-state index contributed by atoms with van der Waals surface area (Å²) in [6.45, 7) is 7.24. The summed E-state index contributed by atoms with van der Waals surface area (Å²) in [5.74, 6) is 0.227. The van der Waals surface area contributed by atoms with E-state index >= 15 is 0 Å². The Hall–Kier alpha value is -3.01. The van der Waals surface area contributed by atoms with E-state index in [9.17, 15) is 18.0 Å². The molecule has 1 saturated carbocycles. The van der Waals surface area contributed by atoms with Crippen LogP contribution in [0.5, 0.6) is 0 Å². The maximum absolute atomic E-state index is 12.9. The molecule has 1 aromatic carbocycles. The van der Waals surface area contributed by atoms with Crippen molar-refractivity contribution < 1.29 is 22.7 Å². The molecule has 0 aliphatic heterocycles. The van der Waals surface area contributed by atoms with Gasteiger partial charge in [-0.2, -0.15) is 0 Å². The fourth-order valence-corrected chi connectivity index (χ4v) is 5.27. The minimum Gasteiger partial charge on any atom is -0.465 e. The van der Waals surface area contributed by atoms with Gasteiger partial charge in [0.1, 0.15) is 17.8 Å². The highest BCUT2D eigenvalue weighted by Crippen LogP contribution is 2.31. The molecule has 0 bridgehead atoms. The Kier molecular flexibility index (Phi) is 8.60. The number of nitrogens with zero attached hydrogens (tertiary/aromatic N) is 3. The van der Waals surface area contributed by atoms with Crippen LogP contribution < -0.4 is 10.2 Å². The first-order valence-electron chi connectivity index (χ1n) is 11.7. The lowest BCUT2D eigenvalue weighted by Crippen LogP contribution is -2.31. The van der Waals surface area contributed by atoms with Gasteiger partial charge in [-0.3, -0.25) is 9.59 Å². The quantitative estimate of drug-likeness (QED) is 0.451. The smallest absolute Gasteiger partial charge is 0.324 e. The lowest BCUT2D eigenvalue weighted by molar-refractivity contribution is -0.142. The molecule has 1 fully saturated rings. The molecule has 0 saturated heterocycles. The van der Waals surface area contributed by atoms with Crippen molar-refractivity contribution in [2.45, 2.75) is 56.6 Å². The number of nitrogens with one attached hydrogen (secondary N) is 1. The third kappa shape index (κ3) is 6.31. The molecule has 1 N–H and O–H groups in total. The highest BCUT2D eigenvalue weighted by atomic mass is 32.2. The monoisotopic (exact) mass is 488 g/mol. The van der Waals surface area contributed by atoms with E-state index in [4.69, 9.17) is 4.74 Å². The minimum atomic E-state index is -3.91. The number of carbonyl (C=O) groups excluding carboxylic acids is 2. The molecule has 1 aliphatic carbocycles. The number of amides is 1. The molecular weight excluding hydrogens is 456 g/mol. The zero-order valence-corrected chi connectivity index (χ0v) is 20.7. The second kappa shape index (κ2) is 11.4. The third-order valence-electron chi connectivity index (χ3n) is 5.61. The van der Waals surface area contributed by atoms with Gasteiger partial charge in [-0.05, 0) is 62.8 Å². The van der Waals surface area contributed by atoms with Crippen LogP contribution in [0.2, 0.25) is 0 Å². The van der Waals surface area contributed by atoms with E-state index in [1.807, 2.05) is 0 Å². The summed E-state index contributed by atoms with van der Waals surface area (Å²) >= 11 is 0. The normalized spacial score (nSPS) is 14.3. The van der Waals surface area contributed by atoms with Crippen LogP contribution in [-0.4, -0.2) is 55.2 Å². The lowest BCUT2D eigenvalue weighted by Gasteiger charge is -2.23. The summed E-state index contributed by atoms with van der Waals surface area (Å²) in [6, 6.07) is 7.40. The molecule has 9 nitrogen and oxygen atoms in total. The van der Waals surface area contributed by atoms with Gasteiger partial charge in [-0.1, -0.05) is 13.8 Å². The van der Waals surface area contributed by atoms with Gasteiger partial charge < -0.3 is 15.0 Å². The lowest BCUT2D eigenvalue weighted by atomic mass is 10.2. The SMILES string of the molecule is CCCN(CC1CC1)c1cc(C(=O)Nc2ccc(S(=O)(=O)C(CC)C(=O)OCC)cc2)ncn1. The van der Waals surface area contributed by atoms with Crippen molar-refractivity contribution in [2.75, 3.05) is 29.9 Å². The standard InChI is InChI=1S/C24H32N4O5S/c1-4-13-28(15-17-7-8-17)22-14-20(25-16-26-22)23(29)27-18-9-11-19(12-10-18)34(31,32)21(5-2)24(30)33-6-3/h9-12,14,16-17,21H,4-8,13,15H2,1-3H3,(H,27,29). The summed E-state index contributed by atoms with van der Waals surface area (Å²) < 4.78 is 30.6. The van der Waals surface area contributed by atoms with Gasteiger partial charge in [0.15, 0.2) is 15.1 Å². The van der Waals surface area contributed by atoms with Crippen LogP contribution in [0.15, 0.2) is 41.6 Å². The Balaban J connectivity index is 1.71. The average molecular weight is 489 g/mol. The summed E-state index contributed by atoms with van der Waals surface area (Å²) in [5.41, 5.74) is 0.642. The predicted molar refractivity (Wildman–Crippen MR) is 130 cm³/mol. The second-order valence-corrected chi connectivity index (χ2v) is 10.5. The number of aromatic nitrogens is 2. The molecule has 1 heterocycles. The van der Waals surface area contributed by atoms with Gasteiger partial charge >= 0.3 is 5.97 Å². The van der Waals surface area contributed by atoms with Gasteiger partial charge in [-0.25, -0.2) is 18.4 Å². The molecular formula is C24H32N4O5S. The van der Waals surface area contributed by atoms with Crippen molar-refractivity contribution in [3.05, 3.63) is 42.4 Å². The predicted octanol–water partition coefficient (Wildman–Crippen LogP) is 3.47. The Morgan fingerprint density at radius 1 is 1.15 bits per heavy atom. The number of esters is 1. The highest BCUT2D eigenvalue weighted by molar-refractivity contribution is 7.92. The first-order valence-corrected chi connectivity index (χ1v) is 13.2. The van der Waals surface area contributed by atoms with Crippen LogP contribution in [0.25, 0.3) is 0 Å². The Labute approximate surface area is 200 Å². The van der Waals surface area contributed by atoms with E-state index in [1.54, 1.807) is 19.9 Å². The molecule has 34 heavy (non-hydrogen) atoms. The molecule has 3 rings (SSSR count). The van der Waals surface area contributed by atoms with E-state index in [0.717, 1.165) is 25.3 Å². The molecule has 1 amide bonds. The second-order valence-electron chi connectivity index (χ2n) is 8.32. The van der Waals surface area contributed by atoms with Crippen LogP contribution in [0.3, 0.4) is 0 Å². The van der Waals surface area contributed by atoms with Crippen LogP contribution >= 0.6 is 0 Å². The molecule has 2 aromatic rings. The highest BCUT2D eigenvalue weighted by Gasteiger charge is 2.33. The van der Waals surface area contributed by atoms with Gasteiger partial charge in [-0.15, -0.1) is 0 Å². The number of hydrogen-bond donors (Lipinski definition) is 1. The summed E-state index contributed by atoms with van der Waals surface area (Å²) in [7, 11) is -3.91. The van der Waals surface area contributed by atoms with Crippen LogP contribution in [0.1, 0.15) is 56.9 Å². The van der Waals surface area contributed by atoms with E-state index in [2.05, 4.69) is 27.1 Å². The number of ether oxygens (including phenoxy) is 1. The van der Waals surface area contributed by atoms with Crippen molar-refractivity contribution in [2.24, 2.45) is 5.92 Å². The number of anilines is 2. The Morgan fingerprint density at radius 3 is 2.44 bits per heavy atom. The van der Waals surface area contributed by atoms with Gasteiger partial charge in [0.05, 0.1) is 11.5 Å². The average Bonchev–Trinajstić information content (AvgIpc) is 3.64. The first-order chi connectivity index (χ1) is 16.3. The van der Waals surface area contributed by atoms with Gasteiger partial charge in [0.25, 0.3) is 5.91 Å². The molecule has 1 aliphatic rings. The van der Waals surface area contributed by atoms with Crippen LogP contribution in [0.4, 0.5) is 11.5 Å². The number of rotatable bonds is 12. The van der Waals surface area contributed by atoms with Crippen LogP contribution in [0, 0.1) is 5.92 Å². The van der Waals surface area contributed by atoms with E-state index in [0.29, 0.717) is 11.6 Å². The molecule has 1 atom stereocenters. The van der Waals surface area contributed by atoms with Gasteiger partial charge in [0.2, 0.25) is 0 Å². The van der Waals surface area contributed by atoms with Crippen molar-refractivity contribution >= 4 is 33.2 Å². The summed E-state index contributed by atoms with van der Waals surface area (Å²) in [4.78, 5) is 35.5. The summed E-state index contributed by atoms with van der Waals surface area (Å²) in [6.07, 6.45) is 4.91. The summed E-state index contributed by atoms with van der Waals surface area (Å²) in [5, 5.41) is 1.47. The zero-order valence-electron chi connectivity index (χ0n) is 19.9. The van der Waals surface area contributed by atoms with E-state index < -0.39 is 27.0 Å². The van der Waals surface area contributed by atoms with E-state index in [-0.39, 0.29) is 23.6 Å². The maximum Gasteiger partial charge on any atom is 0.324 e. The first kappa shape index (κ1) is 25.6. The molecule has 1 aromatic heterocycles. The number of hydrogen-bond acceptors (Lipinski definition) is 8. The molecule has 0 radical (unpaired) electrons. The van der Waals surface area contributed by atoms with Crippen molar-refractivity contribution in [3.8, 4) is 0 Å². The fourth-order valence-electron chi connectivity index (χ4n) is 3.66. The molecule has 184 valence electrons. The third-order valence-corrected chi connectivity index (χ3v) is 7.82. The zero-order chi connectivity index (χ0) is 24.7.